The lowest BCUT2D eigenvalue weighted by atomic mass is 9.81. The van der Waals surface area contributed by atoms with Gasteiger partial charge in [-0.3, -0.25) is 4.79 Å². The molecule has 8 heteroatoms. The van der Waals surface area contributed by atoms with Crippen LogP contribution in [0.4, 0.5) is 8.78 Å². The van der Waals surface area contributed by atoms with Gasteiger partial charge in [-0.2, -0.15) is 0 Å². The number of amides is 1. The van der Waals surface area contributed by atoms with E-state index in [0.29, 0.717) is 42.8 Å². The van der Waals surface area contributed by atoms with Crippen LogP contribution in [-0.4, -0.2) is 48.1 Å². The van der Waals surface area contributed by atoms with Crippen molar-refractivity contribution in [1.29, 1.82) is 0 Å². The number of carbonyl (C=O) groups excluding carboxylic acids is 1. The molecule has 0 aliphatic carbocycles. The highest BCUT2D eigenvalue weighted by atomic mass is 32.1. The number of benzene rings is 2. The molecular weight excluding hydrogens is 528 g/mol. The van der Waals surface area contributed by atoms with Crippen LogP contribution < -0.4 is 5.32 Å². The molecule has 2 saturated heterocycles. The second-order valence-electron chi connectivity index (χ2n) is 12.3. The van der Waals surface area contributed by atoms with E-state index < -0.39 is 17.7 Å². The molecular formula is C32H39F2N3O2S. The van der Waals surface area contributed by atoms with E-state index in [4.69, 9.17) is 9.72 Å². The number of rotatable bonds is 8. The molecule has 214 valence electrons. The summed E-state index contributed by atoms with van der Waals surface area (Å²) in [5.74, 6) is -0.307. The largest absolute Gasteiger partial charge is 0.368 e. The van der Waals surface area contributed by atoms with E-state index in [0.717, 1.165) is 47.8 Å². The van der Waals surface area contributed by atoms with Crippen LogP contribution in [0, 0.1) is 28.9 Å². The number of nitrogens with one attached hydrogen (secondary N) is 1. The third-order valence-electron chi connectivity index (χ3n) is 8.08. The summed E-state index contributed by atoms with van der Waals surface area (Å²) in [5.41, 5.74) is 1.60. The molecule has 1 aromatic heterocycles. The average molecular weight is 568 g/mol. The molecule has 40 heavy (non-hydrogen) atoms. The zero-order valence-corrected chi connectivity index (χ0v) is 24.6. The first-order chi connectivity index (χ1) is 19.1. The Bertz CT molecular complexity index is 1320. The number of ether oxygens (including phenoxy) is 1. The fraction of sp³-hybridized carbons (Fsp3) is 0.500. The lowest BCUT2D eigenvalue weighted by molar-refractivity contribution is -0.147. The van der Waals surface area contributed by atoms with Gasteiger partial charge in [-0.25, -0.2) is 13.8 Å². The molecule has 5 rings (SSSR count). The molecule has 2 aliphatic heterocycles. The van der Waals surface area contributed by atoms with Crippen LogP contribution in [0.1, 0.15) is 62.7 Å². The van der Waals surface area contributed by atoms with Gasteiger partial charge in [0.1, 0.15) is 22.7 Å². The maximum absolute atomic E-state index is 15.0. The monoisotopic (exact) mass is 567 g/mol. The maximum Gasteiger partial charge on any atom is 0.252 e. The fourth-order valence-electron chi connectivity index (χ4n) is 5.93. The van der Waals surface area contributed by atoms with Crippen molar-refractivity contribution in [1.82, 2.24) is 15.2 Å². The molecule has 1 amide bonds. The molecule has 0 spiro atoms. The number of thiazole rings is 1. The number of hydrogen-bond acceptors (Lipinski definition) is 5. The predicted octanol–water partition coefficient (Wildman–Crippen LogP) is 6.63. The van der Waals surface area contributed by atoms with Gasteiger partial charge in [-0.1, -0.05) is 58.0 Å². The van der Waals surface area contributed by atoms with Crippen molar-refractivity contribution in [3.05, 3.63) is 76.3 Å². The number of halogens is 2. The molecule has 0 radical (unpaired) electrons. The molecule has 2 aromatic carbocycles. The van der Waals surface area contributed by atoms with Crippen molar-refractivity contribution in [2.75, 3.05) is 26.2 Å². The zero-order chi connectivity index (χ0) is 28.4. The summed E-state index contributed by atoms with van der Waals surface area (Å²) in [4.78, 5) is 22.2. The first kappa shape index (κ1) is 28.8. The van der Waals surface area contributed by atoms with Crippen LogP contribution >= 0.6 is 11.3 Å². The SMILES string of the molecule is C[C@H]1CNC[C@H]1CN(C(=O)C1CCCO1)[C@@H](c1nc(-c2cc(F)ccc2F)sc1Cc1ccccc1)C(C)(C)C. The summed E-state index contributed by atoms with van der Waals surface area (Å²) >= 11 is 1.38. The molecule has 0 saturated carbocycles. The average Bonchev–Trinajstić information content (AvgIpc) is 3.67. The van der Waals surface area contributed by atoms with E-state index in [2.05, 4.69) is 45.1 Å². The Morgan fingerprint density at radius 3 is 2.60 bits per heavy atom. The second-order valence-corrected chi connectivity index (χ2v) is 13.4. The van der Waals surface area contributed by atoms with Crippen LogP contribution in [0.25, 0.3) is 10.6 Å². The second kappa shape index (κ2) is 12.0. The fourth-order valence-corrected chi connectivity index (χ4v) is 7.07. The Kier molecular flexibility index (Phi) is 8.69. The van der Waals surface area contributed by atoms with Crippen molar-refractivity contribution < 1.29 is 18.3 Å². The smallest absolute Gasteiger partial charge is 0.252 e. The van der Waals surface area contributed by atoms with E-state index in [1.807, 2.05) is 23.1 Å². The predicted molar refractivity (Wildman–Crippen MR) is 155 cm³/mol. The maximum atomic E-state index is 15.0. The van der Waals surface area contributed by atoms with Gasteiger partial charge in [-0.05, 0) is 66.9 Å². The Morgan fingerprint density at radius 2 is 1.95 bits per heavy atom. The topological polar surface area (TPSA) is 54.5 Å². The van der Waals surface area contributed by atoms with E-state index in [1.54, 1.807) is 0 Å². The Morgan fingerprint density at radius 1 is 1.18 bits per heavy atom. The summed E-state index contributed by atoms with van der Waals surface area (Å²) in [6.45, 7) is 11.5. The molecule has 3 heterocycles. The highest BCUT2D eigenvalue weighted by Gasteiger charge is 2.43. The van der Waals surface area contributed by atoms with E-state index in [9.17, 15) is 13.6 Å². The van der Waals surface area contributed by atoms with Crippen LogP contribution in [0.3, 0.4) is 0 Å². The molecule has 0 bridgehead atoms. The van der Waals surface area contributed by atoms with Gasteiger partial charge in [0.15, 0.2) is 0 Å². The molecule has 4 atom stereocenters. The summed E-state index contributed by atoms with van der Waals surface area (Å²) in [5, 5.41) is 3.90. The zero-order valence-electron chi connectivity index (χ0n) is 23.8. The van der Waals surface area contributed by atoms with Crippen LogP contribution in [0.15, 0.2) is 48.5 Å². The van der Waals surface area contributed by atoms with Crippen molar-refractivity contribution in [3.8, 4) is 10.6 Å². The summed E-state index contributed by atoms with van der Waals surface area (Å²) in [6.07, 6.45) is 1.69. The van der Waals surface area contributed by atoms with Gasteiger partial charge in [0.25, 0.3) is 5.91 Å². The highest BCUT2D eigenvalue weighted by molar-refractivity contribution is 7.15. The molecule has 2 aliphatic rings. The van der Waals surface area contributed by atoms with Crippen molar-refractivity contribution in [2.24, 2.45) is 17.3 Å². The van der Waals surface area contributed by atoms with Crippen LogP contribution in [0.2, 0.25) is 0 Å². The van der Waals surface area contributed by atoms with E-state index >= 15 is 0 Å². The lowest BCUT2D eigenvalue weighted by Gasteiger charge is -2.42. The number of aromatic nitrogens is 1. The molecule has 1 N–H and O–H groups in total. The van der Waals surface area contributed by atoms with Crippen molar-refractivity contribution in [2.45, 2.75) is 59.1 Å². The quantitative estimate of drug-likeness (QED) is 0.332. The summed E-state index contributed by atoms with van der Waals surface area (Å²) in [7, 11) is 0. The lowest BCUT2D eigenvalue weighted by Crippen LogP contribution is -2.48. The minimum absolute atomic E-state index is 0.00586. The third kappa shape index (κ3) is 6.29. The van der Waals surface area contributed by atoms with Crippen molar-refractivity contribution in [3.63, 3.8) is 0 Å². The Balaban J connectivity index is 1.64. The number of hydrogen-bond donors (Lipinski definition) is 1. The normalized spacial score (nSPS) is 22.0. The first-order valence-electron chi connectivity index (χ1n) is 14.2. The number of nitrogens with zero attached hydrogens (tertiary/aromatic N) is 2. The molecule has 3 aromatic rings. The molecule has 5 nitrogen and oxygen atoms in total. The minimum Gasteiger partial charge on any atom is -0.368 e. The molecule has 2 fully saturated rings. The van der Waals surface area contributed by atoms with Crippen LogP contribution in [0.5, 0.6) is 0 Å². The van der Waals surface area contributed by atoms with Gasteiger partial charge >= 0.3 is 0 Å². The number of carbonyl (C=O) groups is 1. The van der Waals surface area contributed by atoms with Gasteiger partial charge in [0.05, 0.1) is 11.7 Å². The first-order valence-corrected chi connectivity index (χ1v) is 15.0. The highest BCUT2D eigenvalue weighted by Crippen LogP contribution is 2.44. The van der Waals surface area contributed by atoms with E-state index in [-0.39, 0.29) is 22.9 Å². The van der Waals surface area contributed by atoms with Crippen molar-refractivity contribution >= 4 is 17.2 Å². The molecule has 1 unspecified atom stereocenters. The van der Waals surface area contributed by atoms with Gasteiger partial charge in [-0.15, -0.1) is 11.3 Å². The van der Waals surface area contributed by atoms with Gasteiger partial charge < -0.3 is 15.0 Å². The van der Waals surface area contributed by atoms with Crippen LogP contribution in [-0.2, 0) is 16.0 Å². The summed E-state index contributed by atoms with van der Waals surface area (Å²) < 4.78 is 35.1. The standard InChI is InChI=1S/C32H39F2N3O2S/c1-20-17-35-18-22(20)19-37(31(38)26-11-8-14-39-26)29(32(2,3)4)28-27(15-21-9-6-5-7-10-21)40-30(36-28)24-16-23(33)12-13-25(24)34/h5-7,9-10,12-13,16,20,22,26,29,35H,8,11,14-15,17-19H2,1-4H3/t20-,22-,26?,29-/m0/s1. The third-order valence-corrected chi connectivity index (χ3v) is 9.19. The minimum atomic E-state index is -0.515. The summed E-state index contributed by atoms with van der Waals surface area (Å²) in [6, 6.07) is 13.2. The van der Waals surface area contributed by atoms with E-state index in [1.165, 1.54) is 17.4 Å². The Labute approximate surface area is 240 Å². The Hall–Kier alpha value is -2.68. The van der Waals surface area contributed by atoms with Gasteiger partial charge in [0, 0.05) is 30.0 Å². The van der Waals surface area contributed by atoms with Gasteiger partial charge in [0.2, 0.25) is 0 Å².